The Morgan fingerprint density at radius 1 is 1.00 bits per heavy atom. The van der Waals surface area contributed by atoms with Crippen LogP contribution in [0.4, 0.5) is 0 Å². The van der Waals surface area contributed by atoms with Crippen molar-refractivity contribution >= 4 is 11.1 Å². The van der Waals surface area contributed by atoms with E-state index in [2.05, 4.69) is 43.5 Å². The standard InChI is InChI=1S/C4H5O2S.5CO.Mn/c1-4-2-3-6-7(4)5;5*1-2;/h3H2,1H3;;;;;;/q-1;;;;;;. The molecule has 1 aliphatic heterocycles. The fourth-order valence-corrected chi connectivity index (χ4v) is 0.851. The van der Waals surface area contributed by atoms with Gasteiger partial charge in [-0.15, -0.1) is 4.91 Å². The van der Waals surface area contributed by atoms with E-state index in [1.807, 2.05) is 0 Å². The smallest absolute Gasteiger partial charge is 0 e. The van der Waals surface area contributed by atoms with Crippen molar-refractivity contribution in [1.82, 2.24) is 0 Å². The predicted octanol–water partition coefficient (Wildman–Crippen LogP) is 0.197. The molecule has 0 aromatic rings. The molecule has 97 valence electrons. The molecule has 1 heterocycles. The molecule has 1 aliphatic rings. The van der Waals surface area contributed by atoms with E-state index < -0.39 is 11.1 Å². The SMILES string of the molecule is CC1=[C-]COS1=O.[C-]#[O+].[C-]#[O+].[C-]#[O+].[C-]#[O+].[C-]#[O+].[Mn]. The minimum atomic E-state index is -1.16. The van der Waals surface area contributed by atoms with Crippen LogP contribution in [-0.4, -0.2) is 10.8 Å². The van der Waals surface area contributed by atoms with E-state index in [-0.39, 0.29) is 17.1 Å². The van der Waals surface area contributed by atoms with Crippen molar-refractivity contribution in [1.29, 1.82) is 0 Å². The van der Waals surface area contributed by atoms with Gasteiger partial charge in [-0.05, 0) is 0 Å². The molecule has 0 fully saturated rings. The molecule has 0 aliphatic carbocycles. The van der Waals surface area contributed by atoms with Gasteiger partial charge in [-0.3, -0.25) is 0 Å². The first-order valence-corrected chi connectivity index (χ1v) is 4.03. The minimum Gasteiger partial charge on any atom is 0 e. The normalized spacial score (nSPS) is 12.4. The van der Waals surface area contributed by atoms with E-state index in [0.29, 0.717) is 11.5 Å². The fraction of sp³-hybridized carbons (Fsp3) is 0.222. The Labute approximate surface area is 118 Å². The van der Waals surface area contributed by atoms with Crippen LogP contribution in [0.15, 0.2) is 4.91 Å². The summed E-state index contributed by atoms with van der Waals surface area (Å²) in [6, 6.07) is 0. The maximum Gasteiger partial charge on any atom is 0 e. The zero-order chi connectivity index (χ0) is 15.3. The van der Waals surface area contributed by atoms with Crippen LogP contribution in [0, 0.1) is 39.3 Å². The Morgan fingerprint density at radius 3 is 1.33 bits per heavy atom. The predicted molar refractivity (Wildman–Crippen MR) is 46.2 cm³/mol. The maximum atomic E-state index is 10.4. The summed E-state index contributed by atoms with van der Waals surface area (Å²) >= 11 is -1.16. The van der Waals surface area contributed by atoms with Gasteiger partial charge in [-0.1, -0.05) is 13.5 Å². The van der Waals surface area contributed by atoms with Gasteiger partial charge in [0.25, 0.3) is 0 Å². The first-order valence-electron chi connectivity index (χ1n) is 2.95. The Kier molecular flexibility index (Phi) is 112. The summed E-state index contributed by atoms with van der Waals surface area (Å²) in [7, 11) is 0. The van der Waals surface area contributed by atoms with Gasteiger partial charge in [0.1, 0.15) is 11.1 Å². The van der Waals surface area contributed by atoms with Crippen LogP contribution in [-0.2, 0) is 55.6 Å². The molecule has 18 heavy (non-hydrogen) atoms. The largest absolute Gasteiger partial charge is 0 e. The summed E-state index contributed by atoms with van der Waals surface area (Å²) in [5.74, 6) is 0. The quantitative estimate of drug-likeness (QED) is 0.360. The Bertz CT molecular complexity index is 265. The van der Waals surface area contributed by atoms with Crippen molar-refractivity contribution in [2.24, 2.45) is 0 Å². The van der Waals surface area contributed by atoms with E-state index in [1.165, 1.54) is 0 Å². The molecule has 1 atom stereocenters. The van der Waals surface area contributed by atoms with Crippen molar-refractivity contribution in [3.05, 3.63) is 44.2 Å². The van der Waals surface area contributed by atoms with E-state index in [1.54, 1.807) is 6.92 Å². The van der Waals surface area contributed by atoms with Crippen molar-refractivity contribution < 1.29 is 48.7 Å². The van der Waals surface area contributed by atoms with Gasteiger partial charge in [0.05, 0.1) is 0 Å². The molecule has 0 aromatic heterocycles. The van der Waals surface area contributed by atoms with Gasteiger partial charge in [0.2, 0.25) is 0 Å². The average molecular weight is 312 g/mol. The van der Waals surface area contributed by atoms with Crippen molar-refractivity contribution in [2.45, 2.75) is 6.92 Å². The third kappa shape index (κ3) is 36.3. The Morgan fingerprint density at radius 2 is 1.28 bits per heavy atom. The number of allylic oxidation sites excluding steroid dienone is 1. The molecule has 0 saturated heterocycles. The number of hydrogen-bond donors (Lipinski definition) is 0. The topological polar surface area (TPSA) is 126 Å². The van der Waals surface area contributed by atoms with Crippen molar-refractivity contribution in [2.75, 3.05) is 6.61 Å². The van der Waals surface area contributed by atoms with Crippen LogP contribution >= 0.6 is 0 Å². The molecule has 0 spiro atoms. The molecule has 0 amide bonds. The molecule has 0 saturated carbocycles. The molecule has 0 aromatic carbocycles. The molecule has 9 heteroatoms. The van der Waals surface area contributed by atoms with Crippen molar-refractivity contribution in [3.8, 4) is 0 Å². The summed E-state index contributed by atoms with van der Waals surface area (Å²) in [6.07, 6.45) is 2.76. The molecular formula is C9H5MnO7S-. The Balaban J connectivity index is -0.0000000285. The zero-order valence-corrected chi connectivity index (χ0v) is 10.8. The van der Waals surface area contributed by atoms with Crippen LogP contribution in [0.2, 0.25) is 0 Å². The Hall–Kier alpha value is -0.931. The van der Waals surface area contributed by atoms with E-state index in [9.17, 15) is 4.21 Å². The summed E-state index contributed by atoms with van der Waals surface area (Å²) < 4.78 is 52.5. The summed E-state index contributed by atoms with van der Waals surface area (Å²) in [5, 5.41) is 0. The average Bonchev–Trinajstić information content (AvgIpc) is 2.85. The molecule has 0 bridgehead atoms. The van der Waals surface area contributed by atoms with Crippen LogP contribution in [0.25, 0.3) is 0 Å². The van der Waals surface area contributed by atoms with Gasteiger partial charge in [-0.25, -0.2) is 4.21 Å². The number of hydrogen-bond acceptors (Lipinski definition) is 2. The minimum absolute atomic E-state index is 0. The molecule has 1 rings (SSSR count). The third-order valence-corrected chi connectivity index (χ3v) is 1.71. The number of rotatable bonds is 0. The first kappa shape index (κ1) is 36.0. The van der Waals surface area contributed by atoms with Crippen LogP contribution in [0.1, 0.15) is 6.92 Å². The van der Waals surface area contributed by atoms with Gasteiger partial charge in [0, 0.05) is 17.1 Å². The summed E-state index contributed by atoms with van der Waals surface area (Å²) in [5.41, 5.74) is 0. The van der Waals surface area contributed by atoms with Gasteiger partial charge in [0.15, 0.2) is 0 Å². The van der Waals surface area contributed by atoms with Gasteiger partial charge < -0.3 is 10.3 Å². The molecular weight excluding hydrogens is 307 g/mol. The molecule has 1 unspecified atom stereocenters. The third-order valence-electron chi connectivity index (χ3n) is 0.737. The second kappa shape index (κ2) is 56.0. The fourth-order valence-electron chi connectivity index (χ4n) is 0.332. The van der Waals surface area contributed by atoms with Crippen LogP contribution < -0.4 is 0 Å². The zero-order valence-electron chi connectivity index (χ0n) is 8.85. The van der Waals surface area contributed by atoms with Crippen molar-refractivity contribution in [3.63, 3.8) is 0 Å². The summed E-state index contributed by atoms with van der Waals surface area (Å²) in [6.45, 7) is 24.6. The van der Waals surface area contributed by atoms with E-state index in [4.69, 9.17) is 23.3 Å². The second-order valence-corrected chi connectivity index (χ2v) is 2.55. The van der Waals surface area contributed by atoms with Gasteiger partial charge in [-0.2, -0.15) is 0 Å². The monoisotopic (exact) mass is 312 g/mol. The maximum absolute atomic E-state index is 10.4. The summed E-state index contributed by atoms with van der Waals surface area (Å²) in [4.78, 5) is 0.708. The second-order valence-electron chi connectivity index (χ2n) is 1.23. The van der Waals surface area contributed by atoms with Crippen LogP contribution in [0.3, 0.4) is 0 Å². The molecule has 1 radical (unpaired) electrons. The van der Waals surface area contributed by atoms with E-state index in [0.717, 1.165) is 0 Å². The first-order chi connectivity index (χ1) is 8.30. The molecule has 0 N–H and O–H groups in total. The van der Waals surface area contributed by atoms with Gasteiger partial charge >= 0.3 is 56.5 Å². The molecule has 7 nitrogen and oxygen atoms in total. The van der Waals surface area contributed by atoms with E-state index >= 15 is 0 Å². The van der Waals surface area contributed by atoms with Crippen LogP contribution in [0.5, 0.6) is 0 Å².